The highest BCUT2D eigenvalue weighted by molar-refractivity contribution is 7.98. The Morgan fingerprint density at radius 3 is 2.70 bits per heavy atom. The van der Waals surface area contributed by atoms with Crippen LogP contribution in [0.3, 0.4) is 0 Å². The molecule has 20 heavy (non-hydrogen) atoms. The Kier molecular flexibility index (Phi) is 6.81. The zero-order valence-corrected chi connectivity index (χ0v) is 13.3. The van der Waals surface area contributed by atoms with E-state index < -0.39 is 16.0 Å². The van der Waals surface area contributed by atoms with Gasteiger partial charge in [0, 0.05) is 6.54 Å². The van der Waals surface area contributed by atoms with Crippen molar-refractivity contribution < 1.29 is 18.3 Å². The highest BCUT2D eigenvalue weighted by Crippen LogP contribution is 2.22. The molecule has 0 fully saturated rings. The number of halogens is 1. The van der Waals surface area contributed by atoms with E-state index in [9.17, 15) is 13.2 Å². The van der Waals surface area contributed by atoms with Crippen LogP contribution in [0.25, 0.3) is 0 Å². The SMILES string of the molecule is CSCCCCNS(=O)(=O)c1cc(C(=O)O)ccc1Cl. The van der Waals surface area contributed by atoms with Gasteiger partial charge in [0.2, 0.25) is 10.0 Å². The second-order valence-corrected chi connectivity index (χ2v) is 7.18. The van der Waals surface area contributed by atoms with Crippen molar-refractivity contribution in [1.82, 2.24) is 4.72 Å². The van der Waals surface area contributed by atoms with Gasteiger partial charge in [-0.1, -0.05) is 11.6 Å². The first-order valence-corrected chi connectivity index (χ1v) is 9.15. The molecule has 0 aliphatic heterocycles. The van der Waals surface area contributed by atoms with E-state index in [-0.39, 0.29) is 15.5 Å². The maximum Gasteiger partial charge on any atom is 0.335 e. The Labute approximate surface area is 127 Å². The lowest BCUT2D eigenvalue weighted by Gasteiger charge is -2.09. The smallest absolute Gasteiger partial charge is 0.335 e. The van der Waals surface area contributed by atoms with Crippen LogP contribution in [0.1, 0.15) is 23.2 Å². The summed E-state index contributed by atoms with van der Waals surface area (Å²) >= 11 is 7.53. The minimum absolute atomic E-state index is 0.00612. The summed E-state index contributed by atoms with van der Waals surface area (Å²) in [6.07, 6.45) is 3.62. The van der Waals surface area contributed by atoms with Gasteiger partial charge in [0.25, 0.3) is 0 Å². The number of carboxylic acids is 1. The van der Waals surface area contributed by atoms with Crippen LogP contribution in [0.15, 0.2) is 23.1 Å². The lowest BCUT2D eigenvalue weighted by atomic mass is 10.2. The molecule has 8 heteroatoms. The summed E-state index contributed by atoms with van der Waals surface area (Å²) in [5.74, 6) is -0.227. The van der Waals surface area contributed by atoms with Crippen LogP contribution in [0.4, 0.5) is 0 Å². The molecule has 0 saturated heterocycles. The predicted molar refractivity (Wildman–Crippen MR) is 81.2 cm³/mol. The van der Waals surface area contributed by atoms with E-state index in [0.717, 1.165) is 24.7 Å². The fraction of sp³-hybridized carbons (Fsp3) is 0.417. The molecule has 0 atom stereocenters. The van der Waals surface area contributed by atoms with E-state index in [0.29, 0.717) is 6.54 Å². The first kappa shape index (κ1) is 17.3. The van der Waals surface area contributed by atoms with Crippen molar-refractivity contribution in [2.75, 3.05) is 18.6 Å². The van der Waals surface area contributed by atoms with Crippen LogP contribution < -0.4 is 4.72 Å². The molecule has 0 unspecified atom stereocenters. The van der Waals surface area contributed by atoms with Crippen molar-refractivity contribution in [3.63, 3.8) is 0 Å². The molecule has 0 spiro atoms. The molecule has 5 nitrogen and oxygen atoms in total. The first-order chi connectivity index (χ1) is 9.38. The van der Waals surface area contributed by atoms with Crippen molar-refractivity contribution in [3.8, 4) is 0 Å². The van der Waals surface area contributed by atoms with Crippen LogP contribution in [0.2, 0.25) is 5.02 Å². The standard InChI is InChI=1S/C12H16ClNO4S2/c1-19-7-3-2-6-14-20(17,18)11-8-9(12(15)16)4-5-10(11)13/h4-5,8,14H,2-3,6-7H2,1H3,(H,15,16). The number of hydrogen-bond donors (Lipinski definition) is 2. The van der Waals surface area contributed by atoms with Crippen LogP contribution in [0.5, 0.6) is 0 Å². The minimum Gasteiger partial charge on any atom is -0.478 e. The van der Waals surface area contributed by atoms with Crippen LogP contribution in [-0.2, 0) is 10.0 Å². The second-order valence-electron chi connectivity index (χ2n) is 4.05. The number of thioether (sulfide) groups is 1. The molecule has 1 aromatic carbocycles. The summed E-state index contributed by atoms with van der Waals surface area (Å²) in [6.45, 7) is 0.302. The van der Waals surface area contributed by atoms with Crippen molar-refractivity contribution in [3.05, 3.63) is 28.8 Å². The molecule has 1 aromatic rings. The van der Waals surface area contributed by atoms with Gasteiger partial charge in [-0.3, -0.25) is 0 Å². The van der Waals surface area contributed by atoms with Crippen LogP contribution in [0, 0.1) is 0 Å². The maximum absolute atomic E-state index is 12.1. The van der Waals surface area contributed by atoms with Gasteiger partial charge < -0.3 is 5.11 Å². The molecule has 0 saturated carbocycles. The van der Waals surface area contributed by atoms with Gasteiger partial charge in [-0.05, 0) is 43.0 Å². The quantitative estimate of drug-likeness (QED) is 0.712. The molecule has 2 N–H and O–H groups in total. The third-order valence-electron chi connectivity index (χ3n) is 2.53. The lowest BCUT2D eigenvalue weighted by Crippen LogP contribution is -2.25. The number of hydrogen-bond acceptors (Lipinski definition) is 4. The van der Waals surface area contributed by atoms with Crippen molar-refractivity contribution in [2.24, 2.45) is 0 Å². The van der Waals surface area contributed by atoms with Gasteiger partial charge in [-0.15, -0.1) is 0 Å². The summed E-state index contributed by atoms with van der Waals surface area (Å²) in [5, 5.41) is 8.88. The number of sulfonamides is 1. The van der Waals surface area contributed by atoms with Crippen molar-refractivity contribution >= 4 is 39.4 Å². The monoisotopic (exact) mass is 337 g/mol. The van der Waals surface area contributed by atoms with E-state index >= 15 is 0 Å². The average molecular weight is 338 g/mol. The van der Waals surface area contributed by atoms with Crippen molar-refractivity contribution in [1.29, 1.82) is 0 Å². The maximum atomic E-state index is 12.1. The fourth-order valence-electron chi connectivity index (χ4n) is 1.50. The summed E-state index contributed by atoms with van der Waals surface area (Å²) in [7, 11) is -3.79. The topological polar surface area (TPSA) is 83.5 Å². The molecule has 0 radical (unpaired) electrons. The van der Waals surface area contributed by atoms with E-state index in [1.54, 1.807) is 11.8 Å². The number of aromatic carboxylic acids is 1. The Balaban J connectivity index is 2.81. The van der Waals surface area contributed by atoms with Gasteiger partial charge in [-0.25, -0.2) is 17.9 Å². The number of benzene rings is 1. The van der Waals surface area contributed by atoms with Crippen molar-refractivity contribution in [2.45, 2.75) is 17.7 Å². The molecule has 112 valence electrons. The zero-order chi connectivity index (χ0) is 15.2. The molecule has 0 aliphatic rings. The normalized spacial score (nSPS) is 11.5. The Bertz CT molecular complexity index is 575. The summed E-state index contributed by atoms with van der Waals surface area (Å²) in [6, 6.07) is 3.60. The molecule has 0 bridgehead atoms. The van der Waals surface area contributed by atoms with E-state index in [4.69, 9.17) is 16.7 Å². The third-order valence-corrected chi connectivity index (χ3v) is 5.17. The Morgan fingerprint density at radius 2 is 2.10 bits per heavy atom. The van der Waals surface area contributed by atoms with Gasteiger partial charge in [0.05, 0.1) is 10.6 Å². The number of nitrogens with one attached hydrogen (secondary N) is 1. The van der Waals surface area contributed by atoms with E-state index in [1.807, 2.05) is 6.26 Å². The third kappa shape index (κ3) is 4.97. The van der Waals surface area contributed by atoms with Gasteiger partial charge in [0.1, 0.15) is 4.90 Å². The molecule has 0 heterocycles. The minimum atomic E-state index is -3.79. The molecule has 0 aliphatic carbocycles. The van der Waals surface area contributed by atoms with Gasteiger partial charge in [0.15, 0.2) is 0 Å². The fourth-order valence-corrected chi connectivity index (χ4v) is 3.59. The summed E-state index contributed by atoms with van der Waals surface area (Å²) in [4.78, 5) is 10.7. The highest BCUT2D eigenvalue weighted by atomic mass is 35.5. The van der Waals surface area contributed by atoms with Crippen LogP contribution in [-0.4, -0.2) is 38.0 Å². The molecule has 1 rings (SSSR count). The largest absolute Gasteiger partial charge is 0.478 e. The van der Waals surface area contributed by atoms with Gasteiger partial charge >= 0.3 is 5.97 Å². The number of carbonyl (C=O) groups is 1. The number of carboxylic acid groups (broad SMARTS) is 1. The Morgan fingerprint density at radius 1 is 1.40 bits per heavy atom. The molecule has 0 amide bonds. The second kappa shape index (κ2) is 7.87. The summed E-state index contributed by atoms with van der Waals surface area (Å²) < 4.78 is 26.6. The summed E-state index contributed by atoms with van der Waals surface area (Å²) in [5.41, 5.74) is -0.114. The Hall–Kier alpha value is -0.760. The number of unbranched alkanes of at least 4 members (excludes halogenated alkanes) is 1. The molecular weight excluding hydrogens is 322 g/mol. The van der Waals surface area contributed by atoms with E-state index in [1.165, 1.54) is 12.1 Å². The zero-order valence-electron chi connectivity index (χ0n) is 10.9. The molecular formula is C12H16ClNO4S2. The number of rotatable bonds is 8. The van der Waals surface area contributed by atoms with Gasteiger partial charge in [-0.2, -0.15) is 11.8 Å². The average Bonchev–Trinajstić information content (AvgIpc) is 2.38. The van der Waals surface area contributed by atoms with Crippen LogP contribution >= 0.6 is 23.4 Å². The molecule has 0 aromatic heterocycles. The first-order valence-electron chi connectivity index (χ1n) is 5.90. The van der Waals surface area contributed by atoms with E-state index in [2.05, 4.69) is 4.72 Å². The highest BCUT2D eigenvalue weighted by Gasteiger charge is 2.19. The predicted octanol–water partition coefficient (Wildman–Crippen LogP) is 2.46. The lowest BCUT2D eigenvalue weighted by molar-refractivity contribution is 0.0696.